The van der Waals surface area contributed by atoms with Gasteiger partial charge in [-0.15, -0.1) is 23.2 Å². The Bertz CT molecular complexity index is 91.8. The SMILES string of the molecule is CCC(Cl)CCCCCC(C)Cl. The second-order valence-corrected chi connectivity index (χ2v) is 4.79. The van der Waals surface area contributed by atoms with Crippen LogP contribution in [0.1, 0.15) is 52.4 Å². The van der Waals surface area contributed by atoms with Gasteiger partial charge in [-0.05, 0) is 26.2 Å². The normalized spacial score (nSPS) is 16.0. The van der Waals surface area contributed by atoms with Gasteiger partial charge in [0.05, 0.1) is 0 Å². The van der Waals surface area contributed by atoms with Crippen LogP contribution in [0.5, 0.6) is 0 Å². The van der Waals surface area contributed by atoms with E-state index in [1.54, 1.807) is 0 Å². The molecule has 2 atom stereocenters. The first-order valence-electron chi connectivity index (χ1n) is 4.95. The van der Waals surface area contributed by atoms with Crippen molar-refractivity contribution >= 4 is 23.2 Å². The Hall–Kier alpha value is 0.580. The Morgan fingerprint density at radius 2 is 1.58 bits per heavy atom. The summed E-state index contributed by atoms with van der Waals surface area (Å²) in [7, 11) is 0. The zero-order valence-corrected chi connectivity index (χ0v) is 9.67. The van der Waals surface area contributed by atoms with Crippen molar-refractivity contribution < 1.29 is 0 Å². The van der Waals surface area contributed by atoms with E-state index < -0.39 is 0 Å². The number of halogens is 2. The molecule has 0 spiro atoms. The second-order valence-electron chi connectivity index (χ2n) is 3.42. The Balaban J connectivity index is 3.00. The minimum absolute atomic E-state index is 0.336. The standard InChI is InChI=1S/C10H20Cl2/c1-3-10(12)8-6-4-5-7-9(2)11/h9-10H,3-8H2,1-2H3. The molecule has 0 aromatic carbocycles. The summed E-state index contributed by atoms with van der Waals surface area (Å²) < 4.78 is 0. The first-order valence-corrected chi connectivity index (χ1v) is 5.82. The summed E-state index contributed by atoms with van der Waals surface area (Å²) in [6.07, 6.45) is 7.17. The average molecular weight is 211 g/mol. The fourth-order valence-electron chi connectivity index (χ4n) is 1.17. The van der Waals surface area contributed by atoms with Crippen LogP contribution in [0.4, 0.5) is 0 Å². The summed E-state index contributed by atoms with van der Waals surface area (Å²) in [6.45, 7) is 4.19. The third kappa shape index (κ3) is 8.67. The van der Waals surface area contributed by atoms with E-state index in [0.717, 1.165) is 19.3 Å². The summed E-state index contributed by atoms with van der Waals surface area (Å²) in [5.74, 6) is 0. The van der Waals surface area contributed by atoms with Crippen molar-refractivity contribution in [2.75, 3.05) is 0 Å². The molecule has 0 radical (unpaired) electrons. The molecule has 0 N–H and O–H groups in total. The molecule has 0 rings (SSSR count). The fourth-order valence-corrected chi connectivity index (χ4v) is 1.48. The van der Waals surface area contributed by atoms with Crippen molar-refractivity contribution in [2.24, 2.45) is 0 Å². The van der Waals surface area contributed by atoms with Gasteiger partial charge in [-0.25, -0.2) is 0 Å². The first kappa shape index (κ1) is 12.6. The lowest BCUT2D eigenvalue weighted by atomic mass is 10.1. The van der Waals surface area contributed by atoms with Crippen LogP contribution in [0.15, 0.2) is 0 Å². The molecule has 0 aromatic heterocycles. The molecule has 12 heavy (non-hydrogen) atoms. The summed E-state index contributed by atoms with van der Waals surface area (Å²) in [5, 5.41) is 0.724. The molecular formula is C10H20Cl2. The zero-order chi connectivity index (χ0) is 9.40. The molecule has 74 valence electrons. The lowest BCUT2D eigenvalue weighted by Crippen LogP contribution is -1.96. The molecule has 0 aromatic rings. The lowest BCUT2D eigenvalue weighted by molar-refractivity contribution is 0.591. The highest BCUT2D eigenvalue weighted by atomic mass is 35.5. The summed E-state index contributed by atoms with van der Waals surface area (Å²) >= 11 is 11.8. The molecule has 0 fully saturated rings. The van der Waals surface area contributed by atoms with Gasteiger partial charge in [-0.2, -0.15) is 0 Å². The van der Waals surface area contributed by atoms with E-state index >= 15 is 0 Å². The summed E-state index contributed by atoms with van der Waals surface area (Å²) in [4.78, 5) is 0. The monoisotopic (exact) mass is 210 g/mol. The van der Waals surface area contributed by atoms with E-state index in [4.69, 9.17) is 23.2 Å². The number of hydrogen-bond donors (Lipinski definition) is 0. The quantitative estimate of drug-likeness (QED) is 0.427. The van der Waals surface area contributed by atoms with E-state index in [2.05, 4.69) is 13.8 Å². The van der Waals surface area contributed by atoms with Crippen molar-refractivity contribution in [3.8, 4) is 0 Å². The zero-order valence-electron chi connectivity index (χ0n) is 8.15. The molecule has 0 aliphatic carbocycles. The maximum absolute atomic E-state index is 5.98. The third-order valence-corrected chi connectivity index (χ3v) is 2.81. The van der Waals surface area contributed by atoms with Crippen LogP contribution in [0.2, 0.25) is 0 Å². The van der Waals surface area contributed by atoms with E-state index in [9.17, 15) is 0 Å². The molecule has 0 saturated heterocycles. The molecule has 0 saturated carbocycles. The van der Waals surface area contributed by atoms with E-state index in [-0.39, 0.29) is 0 Å². The maximum Gasteiger partial charge on any atom is 0.0333 e. The minimum atomic E-state index is 0.336. The summed E-state index contributed by atoms with van der Waals surface area (Å²) in [5.41, 5.74) is 0. The van der Waals surface area contributed by atoms with Crippen LogP contribution in [0, 0.1) is 0 Å². The Morgan fingerprint density at radius 1 is 1.00 bits per heavy atom. The van der Waals surface area contributed by atoms with Gasteiger partial charge in [-0.3, -0.25) is 0 Å². The van der Waals surface area contributed by atoms with E-state index in [0.29, 0.717) is 10.8 Å². The smallest absolute Gasteiger partial charge is 0.0333 e. The minimum Gasteiger partial charge on any atom is -0.123 e. The molecular weight excluding hydrogens is 191 g/mol. The molecule has 0 aliphatic heterocycles. The number of rotatable bonds is 7. The molecule has 0 nitrogen and oxygen atoms in total. The van der Waals surface area contributed by atoms with Crippen molar-refractivity contribution in [1.82, 2.24) is 0 Å². The van der Waals surface area contributed by atoms with Crippen LogP contribution in [-0.4, -0.2) is 10.8 Å². The van der Waals surface area contributed by atoms with Crippen molar-refractivity contribution in [3.63, 3.8) is 0 Å². The van der Waals surface area contributed by atoms with Gasteiger partial charge in [-0.1, -0.05) is 26.2 Å². The molecule has 2 heteroatoms. The molecule has 0 heterocycles. The topological polar surface area (TPSA) is 0 Å². The Morgan fingerprint density at radius 3 is 2.08 bits per heavy atom. The van der Waals surface area contributed by atoms with E-state index in [1.165, 1.54) is 19.3 Å². The Labute approximate surface area is 86.6 Å². The van der Waals surface area contributed by atoms with Crippen molar-refractivity contribution in [1.29, 1.82) is 0 Å². The highest BCUT2D eigenvalue weighted by Crippen LogP contribution is 2.14. The predicted octanol–water partition coefficient (Wildman–Crippen LogP) is 4.58. The van der Waals surface area contributed by atoms with Gasteiger partial charge in [0.2, 0.25) is 0 Å². The van der Waals surface area contributed by atoms with Gasteiger partial charge in [0.1, 0.15) is 0 Å². The van der Waals surface area contributed by atoms with Crippen LogP contribution < -0.4 is 0 Å². The second kappa shape index (κ2) is 8.19. The first-order chi connectivity index (χ1) is 5.66. The maximum atomic E-state index is 5.98. The molecule has 2 unspecified atom stereocenters. The fraction of sp³-hybridized carbons (Fsp3) is 1.00. The van der Waals surface area contributed by atoms with Gasteiger partial charge in [0, 0.05) is 10.8 Å². The highest BCUT2D eigenvalue weighted by molar-refractivity contribution is 6.20. The number of unbranched alkanes of at least 4 members (excludes halogenated alkanes) is 2. The third-order valence-electron chi connectivity index (χ3n) is 2.06. The van der Waals surface area contributed by atoms with Crippen LogP contribution in [0.3, 0.4) is 0 Å². The van der Waals surface area contributed by atoms with Crippen LogP contribution in [0.25, 0.3) is 0 Å². The van der Waals surface area contributed by atoms with Crippen molar-refractivity contribution in [3.05, 3.63) is 0 Å². The van der Waals surface area contributed by atoms with Crippen LogP contribution in [-0.2, 0) is 0 Å². The summed E-state index contributed by atoms with van der Waals surface area (Å²) in [6, 6.07) is 0. The lowest BCUT2D eigenvalue weighted by Gasteiger charge is -2.06. The number of hydrogen-bond acceptors (Lipinski definition) is 0. The Kier molecular flexibility index (Phi) is 8.59. The van der Waals surface area contributed by atoms with Gasteiger partial charge in [0.15, 0.2) is 0 Å². The van der Waals surface area contributed by atoms with Gasteiger partial charge < -0.3 is 0 Å². The molecule has 0 amide bonds. The van der Waals surface area contributed by atoms with Gasteiger partial charge >= 0.3 is 0 Å². The van der Waals surface area contributed by atoms with Crippen LogP contribution >= 0.6 is 23.2 Å². The van der Waals surface area contributed by atoms with Gasteiger partial charge in [0.25, 0.3) is 0 Å². The largest absolute Gasteiger partial charge is 0.123 e. The molecule has 0 aliphatic rings. The van der Waals surface area contributed by atoms with Crippen molar-refractivity contribution in [2.45, 2.75) is 63.1 Å². The highest BCUT2D eigenvalue weighted by Gasteiger charge is 2.01. The number of alkyl halides is 2. The predicted molar refractivity (Wildman–Crippen MR) is 58.3 cm³/mol. The molecule has 0 bridgehead atoms. The average Bonchev–Trinajstić information content (AvgIpc) is 2.03. The van der Waals surface area contributed by atoms with E-state index in [1.807, 2.05) is 0 Å².